The second kappa shape index (κ2) is 7.95. The zero-order valence-corrected chi connectivity index (χ0v) is 18.4. The van der Waals surface area contributed by atoms with E-state index in [1.54, 1.807) is 19.2 Å². The van der Waals surface area contributed by atoms with Crippen molar-refractivity contribution in [1.29, 1.82) is 0 Å². The number of nitrogens with zero attached hydrogens (tertiary/aromatic N) is 1. The largest absolute Gasteiger partial charge is 0.497 e. The van der Waals surface area contributed by atoms with E-state index in [0.29, 0.717) is 22.2 Å². The number of carbonyl (C=O) groups is 1. The van der Waals surface area contributed by atoms with E-state index in [9.17, 15) is 4.79 Å². The minimum Gasteiger partial charge on any atom is -0.497 e. The summed E-state index contributed by atoms with van der Waals surface area (Å²) in [7, 11) is 1.64. The van der Waals surface area contributed by atoms with E-state index in [0.717, 1.165) is 34.3 Å². The van der Waals surface area contributed by atoms with E-state index in [-0.39, 0.29) is 11.9 Å². The Kier molecular flexibility index (Phi) is 5.12. The van der Waals surface area contributed by atoms with Crippen LogP contribution in [0.25, 0.3) is 10.9 Å². The van der Waals surface area contributed by atoms with Crippen LogP contribution in [0.15, 0.2) is 66.7 Å². The third-order valence-electron chi connectivity index (χ3n) is 5.89. The number of hydrogen-bond donors (Lipinski definition) is 1. The van der Waals surface area contributed by atoms with Crippen LogP contribution < -0.4 is 4.74 Å². The minimum atomic E-state index is -0.274. The van der Waals surface area contributed by atoms with Crippen LogP contribution >= 0.6 is 23.2 Å². The van der Waals surface area contributed by atoms with Crippen molar-refractivity contribution in [3.05, 3.63) is 99.2 Å². The van der Waals surface area contributed by atoms with Crippen molar-refractivity contribution in [3.63, 3.8) is 0 Å². The van der Waals surface area contributed by atoms with E-state index in [4.69, 9.17) is 27.9 Å². The molecule has 1 N–H and O–H groups in total. The summed E-state index contributed by atoms with van der Waals surface area (Å²) >= 11 is 12.6. The van der Waals surface area contributed by atoms with Crippen LogP contribution in [0.2, 0.25) is 10.0 Å². The minimum absolute atomic E-state index is 0.0891. The molecule has 156 valence electrons. The van der Waals surface area contributed by atoms with Gasteiger partial charge in [-0.2, -0.15) is 0 Å². The summed E-state index contributed by atoms with van der Waals surface area (Å²) in [6, 6.07) is 20.6. The van der Waals surface area contributed by atoms with Crippen LogP contribution in [-0.2, 0) is 6.42 Å². The standard InChI is InChI=1S/C25H20Cl2N2O2/c1-31-17-9-6-15(7-10-17)24-23-18(20-14-16(26)8-11-22(20)28-23)12-13-29(24)25(30)19-4-2-3-5-21(19)27/h2-11,14,24,28H,12-13H2,1H3. The fourth-order valence-corrected chi connectivity index (χ4v) is 4.79. The van der Waals surface area contributed by atoms with Crippen LogP contribution in [0.1, 0.15) is 33.2 Å². The second-order valence-electron chi connectivity index (χ2n) is 7.61. The molecule has 3 aromatic carbocycles. The van der Waals surface area contributed by atoms with Crippen molar-refractivity contribution in [3.8, 4) is 5.75 Å². The number of rotatable bonds is 3. The predicted molar refractivity (Wildman–Crippen MR) is 124 cm³/mol. The number of benzene rings is 3. The van der Waals surface area contributed by atoms with Gasteiger partial charge in [-0.05, 0) is 60.0 Å². The van der Waals surface area contributed by atoms with Gasteiger partial charge in [0.05, 0.1) is 23.7 Å². The summed E-state index contributed by atoms with van der Waals surface area (Å²) in [4.78, 5) is 19.0. The van der Waals surface area contributed by atoms with Gasteiger partial charge in [0, 0.05) is 28.2 Å². The van der Waals surface area contributed by atoms with E-state index >= 15 is 0 Å². The molecular weight excluding hydrogens is 431 g/mol. The molecule has 0 saturated carbocycles. The number of amides is 1. The van der Waals surface area contributed by atoms with Crippen molar-refractivity contribution >= 4 is 40.0 Å². The molecule has 4 aromatic rings. The molecule has 0 saturated heterocycles. The summed E-state index contributed by atoms with van der Waals surface area (Å²) in [6.07, 6.45) is 0.735. The predicted octanol–water partition coefficient (Wildman–Crippen LogP) is 6.27. The van der Waals surface area contributed by atoms with Crippen LogP contribution in [0.5, 0.6) is 5.75 Å². The molecule has 1 aliphatic heterocycles. The lowest BCUT2D eigenvalue weighted by molar-refractivity contribution is 0.0692. The van der Waals surface area contributed by atoms with Gasteiger partial charge in [-0.15, -0.1) is 0 Å². The fraction of sp³-hybridized carbons (Fsp3) is 0.160. The lowest BCUT2D eigenvalue weighted by Crippen LogP contribution is -2.40. The first-order valence-electron chi connectivity index (χ1n) is 10.1. The Morgan fingerprint density at radius 1 is 1.06 bits per heavy atom. The Bertz CT molecular complexity index is 1280. The van der Waals surface area contributed by atoms with Gasteiger partial charge >= 0.3 is 0 Å². The third kappa shape index (κ3) is 3.46. The first-order chi connectivity index (χ1) is 15.1. The molecule has 0 aliphatic carbocycles. The van der Waals surface area contributed by atoms with Crippen molar-refractivity contribution in [2.24, 2.45) is 0 Å². The number of H-pyrrole nitrogens is 1. The van der Waals surface area contributed by atoms with E-state index in [2.05, 4.69) is 4.98 Å². The molecule has 0 fully saturated rings. The third-order valence-corrected chi connectivity index (χ3v) is 6.45. The number of halogens is 2. The Balaban J connectivity index is 1.67. The molecule has 4 nitrogen and oxygen atoms in total. The molecule has 0 bridgehead atoms. The molecule has 1 unspecified atom stereocenters. The Hall–Kier alpha value is -2.95. The van der Waals surface area contributed by atoms with Crippen molar-refractivity contribution in [1.82, 2.24) is 9.88 Å². The lowest BCUT2D eigenvalue weighted by Gasteiger charge is -2.36. The van der Waals surface area contributed by atoms with Gasteiger partial charge in [-0.1, -0.05) is 47.5 Å². The SMILES string of the molecule is COc1ccc(C2c3[nH]c4ccc(Cl)cc4c3CCN2C(=O)c2ccccc2Cl)cc1. The summed E-state index contributed by atoms with van der Waals surface area (Å²) in [5, 5.41) is 2.26. The maximum Gasteiger partial charge on any atom is 0.256 e. The topological polar surface area (TPSA) is 45.3 Å². The zero-order valence-electron chi connectivity index (χ0n) is 16.9. The molecule has 0 radical (unpaired) electrons. The molecule has 0 spiro atoms. The molecule has 2 heterocycles. The molecule has 1 aromatic heterocycles. The van der Waals surface area contributed by atoms with Gasteiger partial charge in [0.15, 0.2) is 0 Å². The van der Waals surface area contributed by atoms with E-state index in [1.807, 2.05) is 59.5 Å². The number of fused-ring (bicyclic) bond motifs is 3. The first kappa shape index (κ1) is 20.0. The molecule has 6 heteroatoms. The van der Waals surface area contributed by atoms with Gasteiger partial charge in [0.2, 0.25) is 0 Å². The monoisotopic (exact) mass is 450 g/mol. The number of methoxy groups -OCH3 is 1. The summed E-state index contributed by atoms with van der Waals surface area (Å²) in [5.41, 5.74) is 4.72. The lowest BCUT2D eigenvalue weighted by atomic mass is 9.91. The van der Waals surface area contributed by atoms with Crippen molar-refractivity contribution in [2.45, 2.75) is 12.5 Å². The molecule has 31 heavy (non-hydrogen) atoms. The highest BCUT2D eigenvalue weighted by molar-refractivity contribution is 6.33. The zero-order chi connectivity index (χ0) is 21.5. The fourth-order valence-electron chi connectivity index (χ4n) is 4.40. The van der Waals surface area contributed by atoms with Gasteiger partial charge in [-0.3, -0.25) is 4.79 Å². The van der Waals surface area contributed by atoms with Crippen LogP contribution in [-0.4, -0.2) is 29.4 Å². The normalized spacial score (nSPS) is 15.7. The second-order valence-corrected chi connectivity index (χ2v) is 8.45. The maximum atomic E-state index is 13.6. The van der Waals surface area contributed by atoms with Crippen molar-refractivity contribution in [2.75, 3.05) is 13.7 Å². The first-order valence-corrected chi connectivity index (χ1v) is 10.8. The molecule has 1 aliphatic rings. The number of aromatic nitrogens is 1. The average Bonchev–Trinajstić information content (AvgIpc) is 3.16. The van der Waals surface area contributed by atoms with E-state index in [1.165, 1.54) is 5.56 Å². The maximum absolute atomic E-state index is 13.6. The molecular formula is C25H20Cl2N2O2. The summed E-state index contributed by atoms with van der Waals surface area (Å²) in [6.45, 7) is 0.577. The van der Waals surface area contributed by atoms with Crippen LogP contribution in [0, 0.1) is 0 Å². The van der Waals surface area contributed by atoms with Gasteiger partial charge < -0.3 is 14.6 Å². The molecule has 1 atom stereocenters. The smallest absolute Gasteiger partial charge is 0.256 e. The Labute approximate surface area is 190 Å². The highest BCUT2D eigenvalue weighted by atomic mass is 35.5. The number of aromatic amines is 1. The van der Waals surface area contributed by atoms with Crippen LogP contribution in [0.4, 0.5) is 0 Å². The van der Waals surface area contributed by atoms with Crippen molar-refractivity contribution < 1.29 is 9.53 Å². The number of hydrogen-bond acceptors (Lipinski definition) is 2. The average molecular weight is 451 g/mol. The number of nitrogens with one attached hydrogen (secondary N) is 1. The number of ether oxygens (including phenoxy) is 1. The van der Waals surface area contributed by atoms with E-state index < -0.39 is 0 Å². The van der Waals surface area contributed by atoms with Crippen LogP contribution in [0.3, 0.4) is 0 Å². The summed E-state index contributed by atoms with van der Waals surface area (Å²) < 4.78 is 5.33. The Morgan fingerprint density at radius 2 is 1.84 bits per heavy atom. The summed E-state index contributed by atoms with van der Waals surface area (Å²) in [5.74, 6) is 0.681. The van der Waals surface area contributed by atoms with Gasteiger partial charge in [0.25, 0.3) is 5.91 Å². The molecule has 1 amide bonds. The quantitative estimate of drug-likeness (QED) is 0.399. The highest BCUT2D eigenvalue weighted by Gasteiger charge is 2.35. The van der Waals surface area contributed by atoms with Gasteiger partial charge in [0.1, 0.15) is 5.75 Å². The molecule has 5 rings (SSSR count). The van der Waals surface area contributed by atoms with Gasteiger partial charge in [-0.25, -0.2) is 0 Å². The number of carbonyl (C=O) groups excluding carboxylic acids is 1. The highest BCUT2D eigenvalue weighted by Crippen LogP contribution is 2.40. The Morgan fingerprint density at radius 3 is 2.58 bits per heavy atom.